The zero-order chi connectivity index (χ0) is 32.8. The van der Waals surface area contributed by atoms with Crippen LogP contribution in [0.1, 0.15) is 68.3 Å². The maximum atomic E-state index is 12.2. The molecule has 2 aromatic carbocycles. The molecule has 2 aromatic rings. The molecule has 0 saturated carbocycles. The summed E-state index contributed by atoms with van der Waals surface area (Å²) in [6, 6.07) is 11.4. The van der Waals surface area contributed by atoms with E-state index in [1.54, 1.807) is 0 Å². The first kappa shape index (κ1) is 35.3. The van der Waals surface area contributed by atoms with Gasteiger partial charge in [-0.2, -0.15) is 10.3 Å². The number of hydrogen-bond donors (Lipinski definition) is 0. The highest BCUT2D eigenvalue weighted by Gasteiger charge is 2.44. The molecule has 0 bridgehead atoms. The summed E-state index contributed by atoms with van der Waals surface area (Å²) >= 11 is 6.83. The van der Waals surface area contributed by atoms with E-state index in [4.69, 9.17) is 24.2 Å². The van der Waals surface area contributed by atoms with Crippen molar-refractivity contribution >= 4 is 57.5 Å². The molecule has 0 N–H and O–H groups in total. The number of halogens is 2. The van der Waals surface area contributed by atoms with Crippen LogP contribution in [0, 0.1) is 11.5 Å². The predicted octanol–water partition coefficient (Wildman–Crippen LogP) is 8.47. The van der Waals surface area contributed by atoms with Crippen LogP contribution in [-0.4, -0.2) is 62.2 Å². The molecule has 0 amide bonds. The fourth-order valence-electron chi connectivity index (χ4n) is 5.62. The Morgan fingerprint density at radius 2 is 1.40 bits per heavy atom. The Kier molecular flexibility index (Phi) is 11.7. The SMILES string of the molecule is C=C=N[Si](C)(C)C.CC1CCC2(CO1)CC(=NC#N)c1cc(Br)ccc1O2.CC1CCC2(CO1)CC(=O)c1cc(Br)ccc1O2. The van der Waals surface area contributed by atoms with Gasteiger partial charge < -0.3 is 18.9 Å². The summed E-state index contributed by atoms with van der Waals surface area (Å²) in [5.41, 5.74) is 1.54. The average Bonchev–Trinajstić information content (AvgIpc) is 2.98. The molecular formula is C34H41Br2N3O5Si. The molecule has 2 fully saturated rings. The van der Waals surface area contributed by atoms with Gasteiger partial charge in [-0.25, -0.2) is 0 Å². The van der Waals surface area contributed by atoms with Gasteiger partial charge >= 0.3 is 0 Å². The molecule has 2 spiro atoms. The van der Waals surface area contributed by atoms with E-state index in [1.165, 1.54) is 0 Å². The Morgan fingerprint density at radius 1 is 0.889 bits per heavy atom. The van der Waals surface area contributed by atoms with Crippen LogP contribution in [0.5, 0.6) is 11.5 Å². The molecule has 11 heteroatoms. The lowest BCUT2D eigenvalue weighted by Gasteiger charge is -2.42. The molecule has 4 aliphatic heterocycles. The number of nitrogens with zero attached hydrogens (tertiary/aromatic N) is 3. The van der Waals surface area contributed by atoms with E-state index < -0.39 is 13.8 Å². The van der Waals surface area contributed by atoms with Crippen molar-refractivity contribution in [1.29, 1.82) is 5.26 Å². The Morgan fingerprint density at radius 3 is 1.84 bits per heavy atom. The third-order valence-corrected chi connectivity index (χ3v) is 9.81. The number of fused-ring (bicyclic) bond motifs is 2. The highest BCUT2D eigenvalue weighted by molar-refractivity contribution is 9.10. The summed E-state index contributed by atoms with van der Waals surface area (Å²) in [5, 5.41) is 8.92. The standard InChI is InChI=1S/C15H15BrN2O2.C14H15BrO3.C5H11NSi/c1-10-4-5-15(8-19-10)7-13(18-9-17)12-6-11(16)2-3-14(12)20-15;1-9-4-5-14(8-17-9)7-12(16)11-6-10(15)2-3-13(11)18-14;1-5-6-7(2,3)4/h2-3,6,10H,4-5,7-8H2,1H3;2-3,6,9H,4-5,7-8H2,1H3;1H2,2-4H3. The minimum Gasteiger partial charge on any atom is -0.484 e. The number of carbonyl (C=O) groups is 1. The highest BCUT2D eigenvalue weighted by Crippen LogP contribution is 2.41. The van der Waals surface area contributed by atoms with Crippen molar-refractivity contribution in [2.24, 2.45) is 9.65 Å². The van der Waals surface area contributed by atoms with Crippen LogP contribution in [0.25, 0.3) is 0 Å². The Balaban J connectivity index is 0.000000171. The number of hydrogen-bond acceptors (Lipinski definition) is 8. The molecule has 0 radical (unpaired) electrons. The van der Waals surface area contributed by atoms with E-state index in [2.05, 4.69) is 87.4 Å². The molecular weight excluding hydrogens is 718 g/mol. The van der Waals surface area contributed by atoms with Crippen LogP contribution in [0.3, 0.4) is 0 Å². The monoisotopic (exact) mass is 757 g/mol. The van der Waals surface area contributed by atoms with Crippen LogP contribution >= 0.6 is 31.9 Å². The summed E-state index contributed by atoms with van der Waals surface area (Å²) in [5.74, 6) is 4.16. The van der Waals surface area contributed by atoms with Crippen molar-refractivity contribution < 1.29 is 23.7 Å². The largest absolute Gasteiger partial charge is 0.484 e. The molecule has 4 atom stereocenters. The van der Waals surface area contributed by atoms with Gasteiger partial charge in [-0.1, -0.05) is 31.9 Å². The van der Waals surface area contributed by atoms with Gasteiger partial charge in [-0.15, -0.1) is 0 Å². The number of ketones is 1. The minimum atomic E-state index is -1.21. The lowest BCUT2D eigenvalue weighted by molar-refractivity contribution is -0.101. The number of carbonyl (C=O) groups excluding carboxylic acids is 1. The fraction of sp³-hybridized carbons (Fsp3) is 0.500. The average molecular weight is 760 g/mol. The Bertz CT molecular complexity index is 1510. The van der Waals surface area contributed by atoms with Gasteiger partial charge in [0.2, 0.25) is 6.19 Å². The van der Waals surface area contributed by atoms with Gasteiger partial charge in [0.05, 0.1) is 43.1 Å². The number of benzene rings is 2. The third-order valence-electron chi connectivity index (χ3n) is 7.99. The van der Waals surface area contributed by atoms with E-state index in [0.29, 0.717) is 37.4 Å². The number of rotatable bonds is 1. The van der Waals surface area contributed by atoms with Gasteiger partial charge in [0.15, 0.2) is 14.0 Å². The molecule has 240 valence electrons. The smallest absolute Gasteiger partial charge is 0.205 e. The van der Waals surface area contributed by atoms with Gasteiger partial charge in [0, 0.05) is 20.9 Å². The predicted molar refractivity (Wildman–Crippen MR) is 186 cm³/mol. The van der Waals surface area contributed by atoms with E-state index in [0.717, 1.165) is 51.7 Å². The van der Waals surface area contributed by atoms with Crippen LogP contribution in [0.15, 0.2) is 61.6 Å². The van der Waals surface area contributed by atoms with Crippen molar-refractivity contribution in [2.45, 2.75) is 95.4 Å². The first-order chi connectivity index (χ1) is 21.3. The summed E-state index contributed by atoms with van der Waals surface area (Å²) in [4.78, 5) is 16.2. The second-order valence-corrected chi connectivity index (χ2v) is 19.4. The lowest BCUT2D eigenvalue weighted by atomic mass is 9.84. The Hall–Kier alpha value is -2.58. The normalized spacial score (nSPS) is 27.6. The highest BCUT2D eigenvalue weighted by atomic mass is 79.9. The van der Waals surface area contributed by atoms with E-state index in [-0.39, 0.29) is 23.6 Å². The third kappa shape index (κ3) is 9.47. The van der Waals surface area contributed by atoms with Crippen LogP contribution in [-0.2, 0) is 9.47 Å². The van der Waals surface area contributed by atoms with Gasteiger partial charge in [0.1, 0.15) is 22.7 Å². The van der Waals surface area contributed by atoms with Crippen molar-refractivity contribution in [3.63, 3.8) is 0 Å². The molecule has 0 aromatic heterocycles. The summed E-state index contributed by atoms with van der Waals surface area (Å²) in [7, 11) is -1.21. The molecule has 45 heavy (non-hydrogen) atoms. The van der Waals surface area contributed by atoms with Gasteiger partial charge in [-0.3, -0.25) is 9.45 Å². The summed E-state index contributed by atoms with van der Waals surface area (Å²) in [6.07, 6.45) is 7.20. The number of nitriles is 1. The Labute approximate surface area is 284 Å². The molecule has 0 aliphatic carbocycles. The van der Waals surface area contributed by atoms with Gasteiger partial charge in [0.25, 0.3) is 0 Å². The number of Topliss-reactive ketones (excluding diaryl/α,β-unsaturated/α-hetero) is 1. The first-order valence-corrected chi connectivity index (χ1v) is 20.2. The first-order valence-electron chi connectivity index (χ1n) is 15.2. The van der Waals surface area contributed by atoms with E-state index in [9.17, 15) is 4.79 Å². The minimum absolute atomic E-state index is 0.149. The zero-order valence-corrected chi connectivity index (χ0v) is 30.8. The summed E-state index contributed by atoms with van der Waals surface area (Å²) in [6.45, 7) is 15.0. The van der Waals surface area contributed by atoms with Crippen molar-refractivity contribution in [1.82, 2.24) is 0 Å². The second-order valence-electron chi connectivity index (χ2n) is 13.0. The van der Waals surface area contributed by atoms with E-state index >= 15 is 0 Å². The quantitative estimate of drug-likeness (QED) is 0.164. The van der Waals surface area contributed by atoms with Gasteiger partial charge in [-0.05, 0) is 108 Å². The molecule has 6 rings (SSSR count). The molecule has 4 unspecified atom stereocenters. The zero-order valence-electron chi connectivity index (χ0n) is 26.6. The molecule has 2 saturated heterocycles. The molecule has 4 aliphatic rings. The van der Waals surface area contributed by atoms with Crippen LogP contribution < -0.4 is 9.47 Å². The van der Waals surface area contributed by atoms with Crippen LogP contribution in [0.4, 0.5) is 0 Å². The molecule has 4 heterocycles. The molecule has 8 nitrogen and oxygen atoms in total. The van der Waals surface area contributed by atoms with Crippen molar-refractivity contribution in [3.05, 3.63) is 63.0 Å². The fourth-order valence-corrected chi connectivity index (χ4v) is 6.82. The lowest BCUT2D eigenvalue weighted by Crippen LogP contribution is -2.50. The number of ether oxygens (including phenoxy) is 4. The topological polar surface area (TPSA) is 103 Å². The summed E-state index contributed by atoms with van der Waals surface area (Å²) < 4.78 is 29.6. The van der Waals surface area contributed by atoms with Crippen LogP contribution in [0.2, 0.25) is 19.6 Å². The maximum absolute atomic E-state index is 12.2. The van der Waals surface area contributed by atoms with Crippen molar-refractivity contribution in [3.8, 4) is 17.7 Å². The maximum Gasteiger partial charge on any atom is 0.205 e. The second kappa shape index (κ2) is 14.9. The van der Waals surface area contributed by atoms with Crippen molar-refractivity contribution in [2.75, 3.05) is 13.2 Å². The number of aliphatic imine (C=N–C) groups is 1. The van der Waals surface area contributed by atoms with E-state index in [1.807, 2.05) is 42.6 Å².